The molecule has 0 amide bonds. The van der Waals surface area contributed by atoms with E-state index in [1.807, 2.05) is 31.5 Å². The van der Waals surface area contributed by atoms with Crippen LogP contribution in [0.3, 0.4) is 0 Å². The molecule has 2 aromatic heterocycles. The molecule has 1 N–H and O–H groups in total. The van der Waals surface area contributed by atoms with E-state index in [9.17, 15) is 4.79 Å². The second kappa shape index (κ2) is 6.47. The first-order valence-electron chi connectivity index (χ1n) is 7.11. The zero-order chi connectivity index (χ0) is 15.4. The molecule has 1 atom stereocenters. The summed E-state index contributed by atoms with van der Waals surface area (Å²) in [5, 5.41) is 25.2. The summed E-state index contributed by atoms with van der Waals surface area (Å²) in [6.07, 6.45) is 1.58. The van der Waals surface area contributed by atoms with Crippen molar-refractivity contribution in [2.24, 2.45) is 0 Å². The highest BCUT2D eigenvalue weighted by Crippen LogP contribution is 2.24. The van der Waals surface area contributed by atoms with Crippen molar-refractivity contribution < 1.29 is 9.90 Å². The molecule has 1 unspecified atom stereocenters. The molecular formula is C13H20N6O2. The van der Waals surface area contributed by atoms with E-state index < -0.39 is 5.97 Å². The lowest BCUT2D eigenvalue weighted by atomic mass is 10.1. The first-order valence-corrected chi connectivity index (χ1v) is 7.11. The third-order valence-corrected chi connectivity index (χ3v) is 3.30. The lowest BCUT2D eigenvalue weighted by Crippen LogP contribution is -2.17. The largest absolute Gasteiger partial charge is 0.481 e. The van der Waals surface area contributed by atoms with Crippen LogP contribution < -0.4 is 0 Å². The summed E-state index contributed by atoms with van der Waals surface area (Å²) in [6.45, 7) is 6.61. The first-order chi connectivity index (χ1) is 10.1. The van der Waals surface area contributed by atoms with Gasteiger partial charge in [0.05, 0.1) is 18.2 Å². The summed E-state index contributed by atoms with van der Waals surface area (Å²) in [6, 6.07) is 1.66. The number of aryl methyl sites for hydroxylation is 2. The van der Waals surface area contributed by atoms with Crippen LogP contribution in [-0.4, -0.2) is 41.1 Å². The Morgan fingerprint density at radius 3 is 2.81 bits per heavy atom. The van der Waals surface area contributed by atoms with Crippen molar-refractivity contribution >= 4 is 5.97 Å². The monoisotopic (exact) mass is 292 g/mol. The minimum Gasteiger partial charge on any atom is -0.481 e. The number of aliphatic carboxylic acids is 1. The molecule has 0 aliphatic rings. The number of hydrogen-bond acceptors (Lipinski definition) is 5. The Morgan fingerprint density at radius 1 is 1.43 bits per heavy atom. The van der Waals surface area contributed by atoms with Crippen LogP contribution in [0, 0.1) is 6.92 Å². The average molecular weight is 292 g/mol. The third kappa shape index (κ3) is 3.26. The van der Waals surface area contributed by atoms with Crippen molar-refractivity contribution in [3.8, 4) is 11.5 Å². The van der Waals surface area contributed by atoms with E-state index in [0.717, 1.165) is 17.8 Å². The fourth-order valence-corrected chi connectivity index (χ4v) is 2.42. The van der Waals surface area contributed by atoms with Crippen LogP contribution in [0.2, 0.25) is 0 Å². The van der Waals surface area contributed by atoms with Crippen molar-refractivity contribution in [3.63, 3.8) is 0 Å². The molecular weight excluding hydrogens is 272 g/mol. The van der Waals surface area contributed by atoms with Gasteiger partial charge in [-0.1, -0.05) is 13.3 Å². The van der Waals surface area contributed by atoms with Crippen LogP contribution in [0.15, 0.2) is 6.07 Å². The van der Waals surface area contributed by atoms with Crippen molar-refractivity contribution in [2.45, 2.75) is 52.6 Å². The normalized spacial score (nSPS) is 12.5. The van der Waals surface area contributed by atoms with Gasteiger partial charge >= 0.3 is 5.97 Å². The molecule has 2 heterocycles. The zero-order valence-corrected chi connectivity index (χ0v) is 12.5. The minimum absolute atomic E-state index is 0.00508. The number of hydrogen-bond donors (Lipinski definition) is 1. The fourth-order valence-electron chi connectivity index (χ4n) is 2.42. The summed E-state index contributed by atoms with van der Waals surface area (Å²) in [4.78, 5) is 11.1. The summed E-state index contributed by atoms with van der Waals surface area (Å²) >= 11 is 0. The Bertz CT molecular complexity index is 618. The Morgan fingerprint density at radius 2 is 2.19 bits per heavy atom. The minimum atomic E-state index is -0.852. The number of carboxylic acids is 1. The third-order valence-electron chi connectivity index (χ3n) is 3.30. The number of carbonyl (C=O) groups is 1. The van der Waals surface area contributed by atoms with E-state index in [2.05, 4.69) is 20.6 Å². The predicted octanol–water partition coefficient (Wildman–Crippen LogP) is 1.68. The Balaban J connectivity index is 2.42. The number of nitrogens with zero attached hydrogens (tertiary/aromatic N) is 6. The topological polar surface area (TPSA) is 98.7 Å². The molecule has 114 valence electrons. The highest BCUT2D eigenvalue weighted by atomic mass is 16.4. The quantitative estimate of drug-likeness (QED) is 0.833. The highest BCUT2D eigenvalue weighted by molar-refractivity contribution is 5.67. The molecule has 2 rings (SSSR count). The molecule has 0 spiro atoms. The molecule has 0 fully saturated rings. The van der Waals surface area contributed by atoms with Gasteiger partial charge in [-0.3, -0.25) is 9.48 Å². The van der Waals surface area contributed by atoms with Crippen molar-refractivity contribution in [2.75, 3.05) is 0 Å². The molecule has 0 aromatic carbocycles. The lowest BCUT2D eigenvalue weighted by molar-refractivity contribution is -0.138. The van der Waals surface area contributed by atoms with Gasteiger partial charge < -0.3 is 5.11 Å². The van der Waals surface area contributed by atoms with Crippen LogP contribution in [-0.2, 0) is 11.3 Å². The van der Waals surface area contributed by atoms with Gasteiger partial charge in [-0.2, -0.15) is 5.10 Å². The number of tetrazole rings is 1. The average Bonchev–Trinajstić information content (AvgIpc) is 3.03. The van der Waals surface area contributed by atoms with Crippen molar-refractivity contribution in [3.05, 3.63) is 11.8 Å². The molecule has 0 aliphatic heterocycles. The number of carboxylic acid groups (broad SMARTS) is 1. The van der Waals surface area contributed by atoms with Gasteiger partial charge in [0, 0.05) is 6.54 Å². The van der Waals surface area contributed by atoms with Crippen LogP contribution in [0.1, 0.15) is 44.8 Å². The van der Waals surface area contributed by atoms with Crippen LogP contribution in [0.4, 0.5) is 0 Å². The molecule has 2 aromatic rings. The first kappa shape index (κ1) is 15.1. The zero-order valence-electron chi connectivity index (χ0n) is 12.5. The molecule has 8 heteroatoms. The maximum atomic E-state index is 11.1. The number of aromatic nitrogens is 6. The van der Waals surface area contributed by atoms with E-state index in [1.165, 1.54) is 0 Å². The van der Waals surface area contributed by atoms with E-state index in [-0.39, 0.29) is 12.5 Å². The van der Waals surface area contributed by atoms with Gasteiger partial charge in [-0.05, 0) is 36.8 Å². The standard InChI is InChI=1S/C13H20N6O2/c1-4-6-10(8-12(20)21)19-13(14-16-17-19)11-7-9(3)15-18(11)5-2/h7,10H,4-6,8H2,1-3H3,(H,20,21). The van der Waals surface area contributed by atoms with Gasteiger partial charge in [-0.15, -0.1) is 5.10 Å². The van der Waals surface area contributed by atoms with E-state index in [0.29, 0.717) is 18.8 Å². The second-order valence-corrected chi connectivity index (χ2v) is 4.97. The van der Waals surface area contributed by atoms with E-state index >= 15 is 0 Å². The smallest absolute Gasteiger partial charge is 0.305 e. The summed E-state index contributed by atoms with van der Waals surface area (Å²) in [5.41, 5.74) is 1.69. The molecule has 8 nitrogen and oxygen atoms in total. The lowest BCUT2D eigenvalue weighted by Gasteiger charge is -2.15. The molecule has 0 saturated carbocycles. The SMILES string of the molecule is CCCC(CC(=O)O)n1nnnc1-c1cc(C)nn1CC. The molecule has 21 heavy (non-hydrogen) atoms. The second-order valence-electron chi connectivity index (χ2n) is 4.97. The Labute approximate surface area is 122 Å². The van der Waals surface area contributed by atoms with Gasteiger partial charge in [0.2, 0.25) is 5.82 Å². The van der Waals surface area contributed by atoms with Gasteiger partial charge in [0.1, 0.15) is 5.69 Å². The van der Waals surface area contributed by atoms with Gasteiger partial charge in [0.15, 0.2) is 0 Å². The Hall–Kier alpha value is -2.25. The summed E-state index contributed by atoms with van der Waals surface area (Å²) in [5.74, 6) is -0.285. The van der Waals surface area contributed by atoms with Gasteiger partial charge in [0.25, 0.3) is 0 Å². The van der Waals surface area contributed by atoms with Crippen molar-refractivity contribution in [1.29, 1.82) is 0 Å². The van der Waals surface area contributed by atoms with Crippen LogP contribution in [0.5, 0.6) is 0 Å². The summed E-state index contributed by atoms with van der Waals surface area (Å²) < 4.78 is 3.43. The molecule has 0 bridgehead atoms. The van der Waals surface area contributed by atoms with Crippen molar-refractivity contribution in [1.82, 2.24) is 30.0 Å². The fraction of sp³-hybridized carbons (Fsp3) is 0.615. The maximum Gasteiger partial charge on any atom is 0.305 e. The number of rotatable bonds is 7. The molecule has 0 radical (unpaired) electrons. The molecule has 0 saturated heterocycles. The van der Waals surface area contributed by atoms with E-state index in [1.54, 1.807) is 4.68 Å². The predicted molar refractivity (Wildman–Crippen MR) is 75.6 cm³/mol. The summed E-state index contributed by atoms with van der Waals surface area (Å²) in [7, 11) is 0. The highest BCUT2D eigenvalue weighted by Gasteiger charge is 2.22. The van der Waals surface area contributed by atoms with E-state index in [4.69, 9.17) is 5.11 Å². The van der Waals surface area contributed by atoms with Gasteiger partial charge in [-0.25, -0.2) is 4.68 Å². The maximum absolute atomic E-state index is 11.1. The van der Waals surface area contributed by atoms with Crippen LogP contribution >= 0.6 is 0 Å². The molecule has 0 aliphatic carbocycles. The van der Waals surface area contributed by atoms with Crippen LogP contribution in [0.25, 0.3) is 11.5 Å². The Kier molecular flexibility index (Phi) is 4.66.